The summed E-state index contributed by atoms with van der Waals surface area (Å²) in [6.45, 7) is 1.87. The molecule has 1 saturated heterocycles. The third-order valence-electron chi connectivity index (χ3n) is 2.30. The van der Waals surface area contributed by atoms with Gasteiger partial charge in [-0.25, -0.2) is 0 Å². The first kappa shape index (κ1) is 9.13. The monoisotopic (exact) mass is 188 g/mol. The van der Waals surface area contributed by atoms with E-state index in [2.05, 4.69) is 21.7 Å². The number of nitrogens with one attached hydrogen (secondary N) is 2. The molecule has 2 N–H and O–H groups in total. The second-order valence-corrected chi connectivity index (χ2v) is 3.34. The van der Waals surface area contributed by atoms with Gasteiger partial charge in [0.05, 0.1) is 11.8 Å². The smallest absolute Gasteiger partial charge is 0.138 e. The largest absolute Gasteiger partial charge is 0.314 e. The average Bonchev–Trinajstić information content (AvgIpc) is 2.18. The Bertz CT molecular complexity index is 326. The Morgan fingerprint density at radius 2 is 2.43 bits per heavy atom. The fraction of sp³-hybridized carbons (Fsp3) is 0.400. The van der Waals surface area contributed by atoms with Crippen LogP contribution >= 0.6 is 0 Å². The highest BCUT2D eigenvalue weighted by molar-refractivity contribution is 5.16. The summed E-state index contributed by atoms with van der Waals surface area (Å²) in [6.07, 6.45) is 1.71. The van der Waals surface area contributed by atoms with Gasteiger partial charge in [0.25, 0.3) is 0 Å². The predicted molar refractivity (Wildman–Crippen MR) is 52.4 cm³/mol. The lowest BCUT2D eigenvalue weighted by Crippen LogP contribution is -2.56. The number of hydrogen-bond donors (Lipinski definition) is 2. The molecule has 0 unspecified atom stereocenters. The minimum atomic E-state index is -0.289. The molecule has 0 saturated carbocycles. The van der Waals surface area contributed by atoms with Gasteiger partial charge in [-0.15, -0.1) is 0 Å². The van der Waals surface area contributed by atoms with Crippen molar-refractivity contribution in [3.8, 4) is 6.07 Å². The third-order valence-corrected chi connectivity index (χ3v) is 2.30. The Labute approximate surface area is 83.0 Å². The van der Waals surface area contributed by atoms with Crippen molar-refractivity contribution in [3.63, 3.8) is 0 Å². The van der Waals surface area contributed by atoms with Crippen molar-refractivity contribution in [2.45, 2.75) is 12.1 Å². The molecule has 4 heteroatoms. The van der Waals surface area contributed by atoms with Crippen LogP contribution in [0.4, 0.5) is 0 Å². The number of nitriles is 1. The van der Waals surface area contributed by atoms with Crippen LogP contribution in [-0.4, -0.2) is 24.1 Å². The van der Waals surface area contributed by atoms with Crippen LogP contribution in [-0.2, 0) is 0 Å². The molecule has 1 aliphatic heterocycles. The van der Waals surface area contributed by atoms with E-state index in [0.717, 1.165) is 18.8 Å². The molecule has 0 aliphatic carbocycles. The van der Waals surface area contributed by atoms with Crippen molar-refractivity contribution in [1.82, 2.24) is 15.6 Å². The zero-order valence-corrected chi connectivity index (χ0v) is 7.77. The molecular weight excluding hydrogens is 176 g/mol. The van der Waals surface area contributed by atoms with E-state index in [1.165, 1.54) is 0 Å². The fourth-order valence-corrected chi connectivity index (χ4v) is 1.38. The first-order valence-corrected chi connectivity index (χ1v) is 4.67. The molecule has 1 aliphatic rings. The van der Waals surface area contributed by atoms with E-state index >= 15 is 0 Å². The van der Waals surface area contributed by atoms with Gasteiger partial charge in [0, 0.05) is 25.3 Å². The number of pyridine rings is 1. The summed E-state index contributed by atoms with van der Waals surface area (Å²) < 4.78 is 0. The molecule has 1 aromatic heterocycles. The molecule has 0 amide bonds. The van der Waals surface area contributed by atoms with Crippen LogP contribution < -0.4 is 10.6 Å². The molecule has 1 fully saturated rings. The molecule has 2 rings (SSSR count). The van der Waals surface area contributed by atoms with E-state index in [1.807, 2.05) is 18.2 Å². The van der Waals surface area contributed by atoms with Crippen LogP contribution in [0, 0.1) is 11.3 Å². The van der Waals surface area contributed by atoms with Crippen LogP contribution in [0.25, 0.3) is 0 Å². The van der Waals surface area contributed by atoms with Gasteiger partial charge in [0.2, 0.25) is 0 Å². The average molecular weight is 188 g/mol. The first-order valence-electron chi connectivity index (χ1n) is 4.67. The highest BCUT2D eigenvalue weighted by atomic mass is 15.1. The summed E-state index contributed by atoms with van der Waals surface area (Å²) in [5, 5.41) is 15.4. The number of hydrogen-bond acceptors (Lipinski definition) is 4. The molecule has 1 atom stereocenters. The molecule has 0 aromatic carbocycles. The third kappa shape index (κ3) is 1.90. The van der Waals surface area contributed by atoms with Crippen molar-refractivity contribution in [2.24, 2.45) is 0 Å². The summed E-state index contributed by atoms with van der Waals surface area (Å²) in [5.74, 6) is 0. The number of nitrogens with zero attached hydrogens (tertiary/aromatic N) is 2. The lowest BCUT2D eigenvalue weighted by molar-refractivity contribution is 0.350. The highest BCUT2D eigenvalue weighted by Crippen LogP contribution is 2.09. The maximum atomic E-state index is 8.98. The molecule has 4 nitrogen and oxygen atoms in total. The number of aromatic nitrogens is 1. The van der Waals surface area contributed by atoms with Gasteiger partial charge >= 0.3 is 0 Å². The van der Waals surface area contributed by atoms with Gasteiger partial charge < -0.3 is 5.32 Å². The van der Waals surface area contributed by atoms with E-state index in [0.29, 0.717) is 6.04 Å². The minimum absolute atomic E-state index is 0.289. The molecule has 2 heterocycles. The highest BCUT2D eigenvalue weighted by Gasteiger charge is 2.21. The summed E-state index contributed by atoms with van der Waals surface area (Å²) in [4.78, 5) is 4.16. The molecule has 0 radical (unpaired) electrons. The molecule has 1 aromatic rings. The van der Waals surface area contributed by atoms with Crippen molar-refractivity contribution in [2.75, 3.05) is 13.1 Å². The SMILES string of the molecule is N#C[C@@H](NC1CNC1)c1ccccn1. The minimum Gasteiger partial charge on any atom is -0.314 e. The van der Waals surface area contributed by atoms with Crippen LogP contribution in [0.3, 0.4) is 0 Å². The first-order chi connectivity index (χ1) is 6.90. The van der Waals surface area contributed by atoms with Gasteiger partial charge in [-0.3, -0.25) is 10.3 Å². The Morgan fingerprint density at radius 1 is 1.57 bits per heavy atom. The Morgan fingerprint density at radius 3 is 2.93 bits per heavy atom. The molecule has 14 heavy (non-hydrogen) atoms. The Hall–Kier alpha value is -1.44. The van der Waals surface area contributed by atoms with Gasteiger partial charge in [-0.05, 0) is 12.1 Å². The summed E-state index contributed by atoms with van der Waals surface area (Å²) in [6, 6.07) is 7.95. The van der Waals surface area contributed by atoms with Crippen molar-refractivity contribution >= 4 is 0 Å². The fourth-order valence-electron chi connectivity index (χ4n) is 1.38. The van der Waals surface area contributed by atoms with E-state index in [9.17, 15) is 0 Å². The Kier molecular flexibility index (Phi) is 2.73. The van der Waals surface area contributed by atoms with Crippen molar-refractivity contribution in [3.05, 3.63) is 30.1 Å². The van der Waals surface area contributed by atoms with E-state index < -0.39 is 0 Å². The Balaban J connectivity index is 2.02. The zero-order chi connectivity index (χ0) is 9.80. The second-order valence-electron chi connectivity index (χ2n) is 3.34. The summed E-state index contributed by atoms with van der Waals surface area (Å²) in [5.41, 5.74) is 0.793. The maximum Gasteiger partial charge on any atom is 0.138 e. The summed E-state index contributed by atoms with van der Waals surface area (Å²) in [7, 11) is 0. The van der Waals surface area contributed by atoms with Crippen LogP contribution in [0.5, 0.6) is 0 Å². The lowest BCUT2D eigenvalue weighted by atomic mass is 10.1. The molecule has 72 valence electrons. The van der Waals surface area contributed by atoms with Gasteiger partial charge in [0.15, 0.2) is 0 Å². The quantitative estimate of drug-likeness (QED) is 0.711. The van der Waals surface area contributed by atoms with Gasteiger partial charge in [-0.1, -0.05) is 6.07 Å². The second kappa shape index (κ2) is 4.18. The zero-order valence-electron chi connectivity index (χ0n) is 7.77. The van der Waals surface area contributed by atoms with Crippen LogP contribution in [0.15, 0.2) is 24.4 Å². The van der Waals surface area contributed by atoms with E-state index in [4.69, 9.17) is 5.26 Å². The predicted octanol–water partition coefficient (Wildman–Crippen LogP) is 0.208. The standard InChI is InChI=1S/C10H12N4/c11-5-10(14-8-6-12-7-8)9-3-1-2-4-13-9/h1-4,8,10,12,14H,6-7H2/t10-/m1/s1. The van der Waals surface area contributed by atoms with Crippen molar-refractivity contribution < 1.29 is 0 Å². The number of rotatable bonds is 3. The van der Waals surface area contributed by atoms with E-state index in [1.54, 1.807) is 6.20 Å². The van der Waals surface area contributed by atoms with Crippen LogP contribution in [0.1, 0.15) is 11.7 Å². The molecule has 0 bridgehead atoms. The summed E-state index contributed by atoms with van der Waals surface area (Å²) >= 11 is 0. The van der Waals surface area contributed by atoms with Crippen molar-refractivity contribution in [1.29, 1.82) is 5.26 Å². The lowest BCUT2D eigenvalue weighted by Gasteiger charge is -2.29. The molecule has 0 spiro atoms. The normalized spacial score (nSPS) is 18.2. The maximum absolute atomic E-state index is 8.98. The molecular formula is C10H12N4. The topological polar surface area (TPSA) is 60.7 Å². The van der Waals surface area contributed by atoms with Gasteiger partial charge in [-0.2, -0.15) is 5.26 Å². The van der Waals surface area contributed by atoms with Crippen LogP contribution in [0.2, 0.25) is 0 Å². The van der Waals surface area contributed by atoms with E-state index in [-0.39, 0.29) is 6.04 Å². The van der Waals surface area contributed by atoms with Gasteiger partial charge in [0.1, 0.15) is 6.04 Å².